The van der Waals surface area contributed by atoms with Crippen molar-refractivity contribution in [2.45, 2.75) is 19.3 Å². The SMILES string of the molecule is C1=CC2C3CCC23C1. The number of allylic oxidation sites excluding steroid dienone is 2. The van der Waals surface area contributed by atoms with Crippen LogP contribution in [-0.4, -0.2) is 0 Å². The molecule has 0 heteroatoms. The van der Waals surface area contributed by atoms with Crippen molar-refractivity contribution in [1.29, 1.82) is 0 Å². The molecule has 0 nitrogen and oxygen atoms in total. The molecule has 0 N–H and O–H groups in total. The van der Waals surface area contributed by atoms with Crippen molar-refractivity contribution in [3.8, 4) is 0 Å². The summed E-state index contributed by atoms with van der Waals surface area (Å²) in [6.45, 7) is 0. The van der Waals surface area contributed by atoms with Gasteiger partial charge in [-0.25, -0.2) is 0 Å². The second-order valence-electron chi connectivity index (χ2n) is 3.54. The summed E-state index contributed by atoms with van der Waals surface area (Å²) in [5, 5.41) is 0. The quantitative estimate of drug-likeness (QED) is 0.414. The highest BCUT2D eigenvalue weighted by atomic mass is 14.7. The molecule has 3 unspecified atom stereocenters. The fourth-order valence-corrected chi connectivity index (χ4v) is 2.79. The summed E-state index contributed by atoms with van der Waals surface area (Å²) < 4.78 is 0. The van der Waals surface area contributed by atoms with Gasteiger partial charge in [0, 0.05) is 0 Å². The first kappa shape index (κ1) is 3.71. The van der Waals surface area contributed by atoms with Crippen LogP contribution in [0.4, 0.5) is 0 Å². The van der Waals surface area contributed by atoms with Crippen LogP contribution in [0.1, 0.15) is 19.3 Å². The molecule has 0 aromatic carbocycles. The predicted molar refractivity (Wildman–Crippen MR) is 32.4 cm³/mol. The zero-order valence-corrected chi connectivity index (χ0v) is 4.93. The molecule has 3 rings (SSSR count). The van der Waals surface area contributed by atoms with Crippen LogP contribution in [0.15, 0.2) is 12.2 Å². The molecule has 0 aromatic rings. The summed E-state index contributed by atoms with van der Waals surface area (Å²) in [7, 11) is 0. The van der Waals surface area contributed by atoms with Gasteiger partial charge in [-0.3, -0.25) is 0 Å². The van der Waals surface area contributed by atoms with Crippen molar-refractivity contribution < 1.29 is 0 Å². The standard InChI is InChI=1S/C8H10/c1-2-6-7-3-5-8(6,7)4-1/h1-2,6-7H,3-5H2. The highest BCUT2D eigenvalue weighted by Gasteiger charge is 2.69. The Labute approximate surface area is 49.6 Å². The van der Waals surface area contributed by atoms with Crippen LogP contribution in [0.2, 0.25) is 0 Å². The van der Waals surface area contributed by atoms with E-state index in [1.165, 1.54) is 19.3 Å². The molecule has 8 heavy (non-hydrogen) atoms. The van der Waals surface area contributed by atoms with Gasteiger partial charge in [0.1, 0.15) is 0 Å². The summed E-state index contributed by atoms with van der Waals surface area (Å²) in [4.78, 5) is 0. The summed E-state index contributed by atoms with van der Waals surface area (Å²) >= 11 is 0. The third kappa shape index (κ3) is 0.180. The molecule has 3 atom stereocenters. The van der Waals surface area contributed by atoms with Crippen molar-refractivity contribution in [3.63, 3.8) is 0 Å². The number of fused-ring (bicyclic) bond motifs is 1. The minimum Gasteiger partial charge on any atom is -0.0876 e. The van der Waals surface area contributed by atoms with E-state index in [4.69, 9.17) is 0 Å². The molecule has 0 bridgehead atoms. The van der Waals surface area contributed by atoms with E-state index in [-0.39, 0.29) is 0 Å². The average Bonchev–Trinajstić information content (AvgIpc) is 2.20. The van der Waals surface area contributed by atoms with Gasteiger partial charge in [-0.05, 0) is 36.5 Å². The zero-order valence-electron chi connectivity index (χ0n) is 4.93. The van der Waals surface area contributed by atoms with Crippen LogP contribution >= 0.6 is 0 Å². The molecule has 0 amide bonds. The van der Waals surface area contributed by atoms with Gasteiger partial charge in [0.15, 0.2) is 0 Å². The minimum atomic E-state index is 0.889. The Kier molecular flexibility index (Phi) is 0.367. The predicted octanol–water partition coefficient (Wildman–Crippen LogP) is 1.97. The van der Waals surface area contributed by atoms with E-state index >= 15 is 0 Å². The minimum absolute atomic E-state index is 0.889. The molecule has 2 saturated carbocycles. The molecule has 0 heterocycles. The summed E-state index contributed by atoms with van der Waals surface area (Å²) in [5.74, 6) is 2.22. The van der Waals surface area contributed by atoms with Crippen LogP contribution < -0.4 is 0 Å². The number of hydrogen-bond donors (Lipinski definition) is 0. The van der Waals surface area contributed by atoms with Crippen molar-refractivity contribution in [2.24, 2.45) is 17.3 Å². The average molecular weight is 106 g/mol. The second-order valence-corrected chi connectivity index (χ2v) is 3.54. The second kappa shape index (κ2) is 0.792. The van der Waals surface area contributed by atoms with Crippen LogP contribution in [0.5, 0.6) is 0 Å². The fraction of sp³-hybridized carbons (Fsp3) is 0.750. The van der Waals surface area contributed by atoms with Gasteiger partial charge in [0.2, 0.25) is 0 Å². The van der Waals surface area contributed by atoms with Crippen LogP contribution in [0, 0.1) is 17.3 Å². The molecule has 0 aliphatic heterocycles. The van der Waals surface area contributed by atoms with Crippen LogP contribution in [0.3, 0.4) is 0 Å². The molecule has 2 fully saturated rings. The normalized spacial score (nSPS) is 64.0. The van der Waals surface area contributed by atoms with Gasteiger partial charge < -0.3 is 0 Å². The van der Waals surface area contributed by atoms with Crippen molar-refractivity contribution in [1.82, 2.24) is 0 Å². The molecule has 3 aliphatic carbocycles. The Bertz CT molecular complexity index is 169. The lowest BCUT2D eigenvalue weighted by molar-refractivity contribution is 0.298. The lowest BCUT2D eigenvalue weighted by Gasteiger charge is -2.22. The maximum atomic E-state index is 2.44. The molecule has 0 aromatic heterocycles. The fourth-order valence-electron chi connectivity index (χ4n) is 2.79. The van der Waals surface area contributed by atoms with Gasteiger partial charge >= 0.3 is 0 Å². The molecular weight excluding hydrogens is 96.1 g/mol. The van der Waals surface area contributed by atoms with Crippen molar-refractivity contribution >= 4 is 0 Å². The maximum absolute atomic E-state index is 2.44. The number of hydrogen-bond acceptors (Lipinski definition) is 0. The van der Waals surface area contributed by atoms with E-state index in [0.717, 1.165) is 17.3 Å². The van der Waals surface area contributed by atoms with Gasteiger partial charge in [0.25, 0.3) is 0 Å². The van der Waals surface area contributed by atoms with E-state index in [9.17, 15) is 0 Å². The van der Waals surface area contributed by atoms with E-state index in [0.29, 0.717) is 0 Å². The first-order chi connectivity index (χ1) is 3.93. The summed E-state index contributed by atoms with van der Waals surface area (Å²) in [6.07, 6.45) is 9.31. The third-order valence-electron chi connectivity index (χ3n) is 3.49. The summed E-state index contributed by atoms with van der Waals surface area (Å²) in [5.41, 5.74) is 0.889. The lowest BCUT2D eigenvalue weighted by atomic mass is 9.83. The smallest absolute Gasteiger partial charge is 0.0137 e. The molecule has 1 spiro atoms. The van der Waals surface area contributed by atoms with E-state index in [1.807, 2.05) is 0 Å². The molecule has 3 aliphatic rings. The molecule has 0 saturated heterocycles. The monoisotopic (exact) mass is 106 g/mol. The van der Waals surface area contributed by atoms with E-state index < -0.39 is 0 Å². The topological polar surface area (TPSA) is 0 Å². The Morgan fingerprint density at radius 3 is 2.88 bits per heavy atom. The van der Waals surface area contributed by atoms with Gasteiger partial charge in [0.05, 0.1) is 0 Å². The van der Waals surface area contributed by atoms with E-state index in [2.05, 4.69) is 12.2 Å². The third-order valence-corrected chi connectivity index (χ3v) is 3.49. The highest BCUT2D eigenvalue weighted by molar-refractivity contribution is 5.30. The maximum Gasteiger partial charge on any atom is -0.0137 e. The van der Waals surface area contributed by atoms with Crippen molar-refractivity contribution in [3.05, 3.63) is 12.2 Å². The summed E-state index contributed by atoms with van der Waals surface area (Å²) in [6, 6.07) is 0. The van der Waals surface area contributed by atoms with Crippen LogP contribution in [0.25, 0.3) is 0 Å². The molecular formula is C8H10. The Hall–Kier alpha value is -0.260. The largest absolute Gasteiger partial charge is 0.0876 e. The highest BCUT2D eigenvalue weighted by Crippen LogP contribution is 2.77. The zero-order chi connectivity index (χ0) is 5.19. The first-order valence-corrected chi connectivity index (χ1v) is 3.60. The van der Waals surface area contributed by atoms with Crippen molar-refractivity contribution in [2.75, 3.05) is 0 Å². The van der Waals surface area contributed by atoms with Gasteiger partial charge in [-0.2, -0.15) is 0 Å². The van der Waals surface area contributed by atoms with Gasteiger partial charge in [-0.15, -0.1) is 0 Å². The Morgan fingerprint density at radius 2 is 2.50 bits per heavy atom. The Balaban J connectivity index is 2.08. The van der Waals surface area contributed by atoms with E-state index in [1.54, 1.807) is 0 Å². The molecule has 42 valence electrons. The van der Waals surface area contributed by atoms with Gasteiger partial charge in [-0.1, -0.05) is 12.2 Å². The lowest BCUT2D eigenvalue weighted by Crippen LogP contribution is -2.11. The Morgan fingerprint density at radius 1 is 1.50 bits per heavy atom. The van der Waals surface area contributed by atoms with Crippen LogP contribution in [-0.2, 0) is 0 Å². The first-order valence-electron chi connectivity index (χ1n) is 3.60. The number of rotatable bonds is 0. The molecule has 0 radical (unpaired) electrons.